The Bertz CT molecular complexity index is 1340. The first-order valence-corrected chi connectivity index (χ1v) is 15.9. The highest BCUT2D eigenvalue weighted by Crippen LogP contribution is 2.42. The van der Waals surface area contributed by atoms with E-state index in [1.54, 1.807) is 30.3 Å². The zero-order valence-corrected chi connectivity index (χ0v) is 24.8. The maximum atomic E-state index is 13.8. The predicted molar refractivity (Wildman–Crippen MR) is 155 cm³/mol. The summed E-state index contributed by atoms with van der Waals surface area (Å²) >= 11 is 0. The highest BCUT2D eigenvalue weighted by molar-refractivity contribution is 7.89. The third-order valence-electron chi connectivity index (χ3n) is 8.32. The summed E-state index contributed by atoms with van der Waals surface area (Å²) in [4.78, 5) is 15.9. The van der Waals surface area contributed by atoms with Gasteiger partial charge in [0.1, 0.15) is 0 Å². The highest BCUT2D eigenvalue weighted by Gasteiger charge is 2.49. The van der Waals surface area contributed by atoms with Crippen molar-refractivity contribution in [3.05, 3.63) is 77.4 Å². The molecule has 0 aromatic heterocycles. The van der Waals surface area contributed by atoms with Gasteiger partial charge in [0.2, 0.25) is 10.0 Å². The number of nitrogens with one attached hydrogen (secondary N) is 2. The molecule has 2 aromatic rings. The van der Waals surface area contributed by atoms with E-state index in [0.717, 1.165) is 63.2 Å². The Hall–Kier alpha value is -2.73. The van der Waals surface area contributed by atoms with Gasteiger partial charge in [-0.05, 0) is 82.2 Å². The molecular formula is C31H40F3N3O4S. The molecule has 1 aliphatic heterocycles. The van der Waals surface area contributed by atoms with Crippen molar-refractivity contribution in [1.82, 2.24) is 14.9 Å². The minimum Gasteiger partial charge on any atom is -0.375 e. The number of carbonyl (C=O) groups is 1. The molecule has 2 aliphatic rings. The van der Waals surface area contributed by atoms with Gasteiger partial charge in [-0.15, -0.1) is 0 Å². The number of hydrogen-bond donors (Lipinski definition) is 3. The van der Waals surface area contributed by atoms with Gasteiger partial charge in [0, 0.05) is 37.6 Å². The molecule has 1 heterocycles. The number of piperidine rings is 1. The second-order valence-electron chi connectivity index (χ2n) is 11.6. The largest absolute Gasteiger partial charge is 0.416 e. The predicted octanol–water partition coefficient (Wildman–Crippen LogP) is 4.98. The number of rotatable bonds is 10. The van der Waals surface area contributed by atoms with Gasteiger partial charge in [-0.2, -0.15) is 13.2 Å². The van der Waals surface area contributed by atoms with Gasteiger partial charge in [-0.25, -0.2) is 13.1 Å². The van der Waals surface area contributed by atoms with Gasteiger partial charge >= 0.3 is 6.18 Å². The zero-order chi connectivity index (χ0) is 30.5. The Morgan fingerprint density at radius 2 is 1.60 bits per heavy atom. The molecule has 42 heavy (non-hydrogen) atoms. The third-order valence-corrected chi connectivity index (χ3v) is 9.85. The van der Waals surface area contributed by atoms with Crippen LogP contribution < -0.4 is 10.0 Å². The fourth-order valence-electron chi connectivity index (χ4n) is 5.96. The van der Waals surface area contributed by atoms with E-state index in [1.165, 1.54) is 5.57 Å². The molecule has 11 heteroatoms. The summed E-state index contributed by atoms with van der Waals surface area (Å²) in [5.74, 6) is -1.06. The fraction of sp³-hybridized carbons (Fsp3) is 0.516. The number of halogens is 3. The topological polar surface area (TPSA) is 98.7 Å². The fourth-order valence-corrected chi connectivity index (χ4v) is 7.24. The van der Waals surface area contributed by atoms with Gasteiger partial charge in [0.25, 0.3) is 5.91 Å². The van der Waals surface area contributed by atoms with Crippen molar-refractivity contribution < 1.29 is 31.5 Å². The van der Waals surface area contributed by atoms with Crippen molar-refractivity contribution in [3.63, 3.8) is 0 Å². The summed E-state index contributed by atoms with van der Waals surface area (Å²) in [6, 6.07) is 11.3. The number of benzene rings is 2. The summed E-state index contributed by atoms with van der Waals surface area (Å²) in [5, 5.41) is 15.1. The molecular weight excluding hydrogens is 567 g/mol. The molecule has 3 N–H and O–H groups in total. The van der Waals surface area contributed by atoms with E-state index >= 15 is 0 Å². The monoisotopic (exact) mass is 607 g/mol. The van der Waals surface area contributed by atoms with Crippen molar-refractivity contribution in [3.8, 4) is 0 Å². The van der Waals surface area contributed by atoms with Crippen LogP contribution >= 0.6 is 0 Å². The van der Waals surface area contributed by atoms with E-state index in [-0.39, 0.29) is 17.4 Å². The molecule has 4 rings (SSSR count). The van der Waals surface area contributed by atoms with Gasteiger partial charge < -0.3 is 15.3 Å². The summed E-state index contributed by atoms with van der Waals surface area (Å²) in [5.41, 5.74) is -1.07. The highest BCUT2D eigenvalue weighted by atomic mass is 32.2. The molecule has 230 valence electrons. The summed E-state index contributed by atoms with van der Waals surface area (Å²) in [6.07, 6.45) is 1.13. The van der Waals surface area contributed by atoms with Crippen molar-refractivity contribution in [2.24, 2.45) is 5.92 Å². The van der Waals surface area contributed by atoms with Crippen LogP contribution in [0, 0.1) is 5.92 Å². The maximum absolute atomic E-state index is 13.8. The van der Waals surface area contributed by atoms with Crippen LogP contribution in [0.5, 0.6) is 0 Å². The van der Waals surface area contributed by atoms with Crippen LogP contribution in [0.4, 0.5) is 13.2 Å². The lowest BCUT2D eigenvalue weighted by atomic mass is 9.79. The maximum Gasteiger partial charge on any atom is 0.416 e. The lowest BCUT2D eigenvalue weighted by Crippen LogP contribution is -2.54. The van der Waals surface area contributed by atoms with Crippen LogP contribution in [0.2, 0.25) is 0 Å². The molecule has 1 saturated carbocycles. The molecule has 0 radical (unpaired) electrons. The number of alkyl halides is 3. The number of amides is 1. The summed E-state index contributed by atoms with van der Waals surface area (Å²) in [6.45, 7) is 6.82. The Kier molecular flexibility index (Phi) is 10.2. The Balaban J connectivity index is 1.42. The average Bonchev–Trinajstić information content (AvgIpc) is 3.41. The molecule has 0 bridgehead atoms. The van der Waals surface area contributed by atoms with E-state index in [0.29, 0.717) is 18.4 Å². The van der Waals surface area contributed by atoms with Crippen LogP contribution in [0.3, 0.4) is 0 Å². The SMILES string of the molecule is CC(C)=CCCN1CCC(NC(=O)[C@](O)(c2ccccc2)[C@H]2CC[C@H](NS(=O)(=O)c3ccc(C(F)(F)F)cc3)C2)CC1. The van der Waals surface area contributed by atoms with Gasteiger partial charge in [-0.1, -0.05) is 42.0 Å². The van der Waals surface area contributed by atoms with Crippen LogP contribution in [-0.2, 0) is 26.6 Å². The number of nitrogens with zero attached hydrogens (tertiary/aromatic N) is 1. The third kappa shape index (κ3) is 7.80. The zero-order valence-electron chi connectivity index (χ0n) is 24.0. The lowest BCUT2D eigenvalue weighted by Gasteiger charge is -2.37. The molecule has 0 unspecified atom stereocenters. The van der Waals surface area contributed by atoms with Gasteiger partial charge in [-0.3, -0.25) is 4.79 Å². The molecule has 2 aromatic carbocycles. The smallest absolute Gasteiger partial charge is 0.375 e. The number of likely N-dealkylation sites (tertiary alicyclic amines) is 1. The van der Waals surface area contributed by atoms with E-state index in [1.807, 2.05) is 0 Å². The molecule has 3 atom stereocenters. The normalized spacial score (nSPS) is 22.0. The first-order valence-electron chi connectivity index (χ1n) is 14.4. The second kappa shape index (κ2) is 13.3. The summed E-state index contributed by atoms with van der Waals surface area (Å²) in [7, 11) is -4.11. The van der Waals surface area contributed by atoms with Crippen molar-refractivity contribution >= 4 is 15.9 Å². The quantitative estimate of drug-likeness (QED) is 0.331. The van der Waals surface area contributed by atoms with Crippen molar-refractivity contribution in [2.45, 2.75) is 81.1 Å². The standard InChI is InChI=1S/C31H40F3N3O4S/c1-22(2)7-6-18-37-19-16-26(17-20-37)35-29(38)30(39,23-8-4-3-5-9-23)25-10-13-27(21-25)36-42(40,41)28-14-11-24(12-15-28)31(32,33)34/h3-5,7-9,11-12,14-15,25-27,36,39H,6,10,13,16-21H2,1-2H3,(H,35,38)/t25-,27-,30-/m0/s1. The summed E-state index contributed by atoms with van der Waals surface area (Å²) < 4.78 is 67.2. The molecule has 1 saturated heterocycles. The Morgan fingerprint density at radius 1 is 0.952 bits per heavy atom. The van der Waals surface area contributed by atoms with Crippen molar-refractivity contribution in [2.75, 3.05) is 19.6 Å². The first-order chi connectivity index (χ1) is 19.8. The van der Waals surface area contributed by atoms with Gasteiger partial charge in [0.05, 0.1) is 10.5 Å². The Morgan fingerprint density at radius 3 is 2.19 bits per heavy atom. The number of hydrogen-bond acceptors (Lipinski definition) is 5. The molecule has 0 spiro atoms. The van der Waals surface area contributed by atoms with Crippen LogP contribution in [-0.4, -0.2) is 56.0 Å². The van der Waals surface area contributed by atoms with E-state index in [2.05, 4.69) is 34.9 Å². The molecule has 7 nitrogen and oxygen atoms in total. The van der Waals surface area contributed by atoms with E-state index < -0.39 is 45.2 Å². The number of aliphatic hydroxyl groups is 1. The van der Waals surface area contributed by atoms with Crippen LogP contribution in [0.1, 0.15) is 63.5 Å². The first kappa shape index (κ1) is 32.2. The van der Waals surface area contributed by atoms with E-state index in [4.69, 9.17) is 0 Å². The minimum atomic E-state index is -4.57. The van der Waals surface area contributed by atoms with E-state index in [9.17, 15) is 31.5 Å². The Labute approximate surface area is 246 Å². The van der Waals surface area contributed by atoms with Crippen LogP contribution in [0.25, 0.3) is 0 Å². The second-order valence-corrected chi connectivity index (χ2v) is 13.4. The number of carbonyl (C=O) groups excluding carboxylic acids is 1. The molecule has 1 amide bonds. The minimum absolute atomic E-state index is 0.0807. The molecule has 2 fully saturated rings. The number of sulfonamides is 1. The van der Waals surface area contributed by atoms with Crippen LogP contribution in [0.15, 0.2) is 71.1 Å². The lowest BCUT2D eigenvalue weighted by molar-refractivity contribution is -0.148. The molecule has 1 aliphatic carbocycles. The van der Waals surface area contributed by atoms with Gasteiger partial charge in [0.15, 0.2) is 5.60 Å². The number of allylic oxidation sites excluding steroid dienone is 1. The average molecular weight is 608 g/mol. The van der Waals surface area contributed by atoms with Crippen molar-refractivity contribution in [1.29, 1.82) is 0 Å².